The van der Waals surface area contributed by atoms with Crippen molar-refractivity contribution in [3.8, 4) is 5.75 Å². The minimum absolute atomic E-state index is 0.0798. The Hall–Kier alpha value is -2.58. The van der Waals surface area contributed by atoms with Crippen LogP contribution in [0.2, 0.25) is 0 Å². The highest BCUT2D eigenvalue weighted by Crippen LogP contribution is 2.27. The van der Waals surface area contributed by atoms with Crippen molar-refractivity contribution < 1.29 is 27.1 Å². The van der Waals surface area contributed by atoms with Crippen molar-refractivity contribution in [1.29, 1.82) is 0 Å². The highest BCUT2D eigenvalue weighted by molar-refractivity contribution is 5.89. The van der Waals surface area contributed by atoms with E-state index in [2.05, 4.69) is 19.9 Å². The number of aryl methyl sites for hydroxylation is 1. The third-order valence-corrected chi connectivity index (χ3v) is 2.54. The van der Waals surface area contributed by atoms with Gasteiger partial charge < -0.3 is 14.5 Å². The van der Waals surface area contributed by atoms with E-state index in [0.29, 0.717) is 5.75 Å². The Morgan fingerprint density at radius 3 is 2.55 bits per heavy atom. The largest absolute Gasteiger partial charge is 0.492 e. The second-order valence-electron chi connectivity index (χ2n) is 4.33. The number of amides is 1. The number of nitrogens with zero attached hydrogens (tertiary/aromatic N) is 2. The van der Waals surface area contributed by atoms with Crippen LogP contribution >= 0.6 is 0 Å². The Bertz CT molecular complexity index is 638. The number of carbonyl (C=O) groups is 1. The maximum Gasteiger partial charge on any atom is 0.470 e. The molecule has 0 spiro atoms. The first-order chi connectivity index (χ1) is 10.4. The fourth-order valence-corrected chi connectivity index (χ4v) is 1.47. The Morgan fingerprint density at radius 2 is 1.95 bits per heavy atom. The van der Waals surface area contributed by atoms with E-state index in [9.17, 15) is 18.0 Å². The van der Waals surface area contributed by atoms with Crippen LogP contribution in [0.15, 0.2) is 28.7 Å². The number of rotatable bonds is 5. The van der Waals surface area contributed by atoms with E-state index in [1.54, 1.807) is 12.1 Å². The molecular weight excluding hydrogens is 303 g/mol. The zero-order valence-corrected chi connectivity index (χ0v) is 11.5. The Kier molecular flexibility index (Phi) is 4.64. The smallest absolute Gasteiger partial charge is 0.470 e. The molecule has 2 rings (SSSR count). The number of nitrogens with one attached hydrogen (secondary N) is 1. The third kappa shape index (κ3) is 4.21. The molecule has 9 heteroatoms. The van der Waals surface area contributed by atoms with E-state index in [4.69, 9.17) is 4.74 Å². The van der Waals surface area contributed by atoms with Gasteiger partial charge in [0.25, 0.3) is 0 Å². The van der Waals surface area contributed by atoms with Crippen molar-refractivity contribution in [3.05, 3.63) is 41.6 Å². The molecule has 6 nitrogen and oxygen atoms in total. The molecule has 1 aromatic carbocycles. The molecule has 0 saturated heterocycles. The SMILES string of the molecule is Cc1ccc(OCCNC(=O)c2nnc(C(F)(F)F)o2)cc1. The molecule has 0 bridgehead atoms. The van der Waals surface area contributed by atoms with Gasteiger partial charge in [-0.15, -0.1) is 10.2 Å². The molecule has 0 aliphatic carbocycles. The van der Waals surface area contributed by atoms with Crippen LogP contribution in [-0.4, -0.2) is 29.3 Å². The number of carbonyl (C=O) groups excluding carboxylic acids is 1. The highest BCUT2D eigenvalue weighted by atomic mass is 19.4. The summed E-state index contributed by atoms with van der Waals surface area (Å²) >= 11 is 0. The van der Waals surface area contributed by atoms with E-state index >= 15 is 0 Å². The van der Waals surface area contributed by atoms with Crippen LogP contribution < -0.4 is 10.1 Å². The first-order valence-electron chi connectivity index (χ1n) is 6.24. The van der Waals surface area contributed by atoms with E-state index in [0.717, 1.165) is 5.56 Å². The van der Waals surface area contributed by atoms with E-state index in [1.807, 2.05) is 19.1 Å². The van der Waals surface area contributed by atoms with Gasteiger partial charge in [0, 0.05) is 0 Å². The summed E-state index contributed by atoms with van der Waals surface area (Å²) in [6.45, 7) is 2.16. The molecular formula is C13H12F3N3O3. The van der Waals surface area contributed by atoms with Crippen molar-refractivity contribution in [1.82, 2.24) is 15.5 Å². The number of hydrogen-bond donors (Lipinski definition) is 1. The number of aromatic nitrogens is 2. The van der Waals surface area contributed by atoms with Gasteiger partial charge in [0.2, 0.25) is 0 Å². The lowest BCUT2D eigenvalue weighted by molar-refractivity contribution is -0.157. The van der Waals surface area contributed by atoms with Crippen molar-refractivity contribution in [2.24, 2.45) is 0 Å². The molecule has 118 valence electrons. The van der Waals surface area contributed by atoms with Crippen LogP contribution in [0, 0.1) is 6.92 Å². The minimum atomic E-state index is -4.78. The van der Waals surface area contributed by atoms with Gasteiger partial charge in [0.15, 0.2) is 0 Å². The van der Waals surface area contributed by atoms with Gasteiger partial charge in [-0.05, 0) is 19.1 Å². The topological polar surface area (TPSA) is 77.2 Å². The number of ether oxygens (including phenoxy) is 1. The van der Waals surface area contributed by atoms with Crippen molar-refractivity contribution >= 4 is 5.91 Å². The first-order valence-corrected chi connectivity index (χ1v) is 6.24. The van der Waals surface area contributed by atoms with Crippen LogP contribution in [0.1, 0.15) is 22.1 Å². The van der Waals surface area contributed by atoms with Gasteiger partial charge >= 0.3 is 23.9 Å². The van der Waals surface area contributed by atoms with Crippen LogP contribution in [0.5, 0.6) is 5.75 Å². The molecule has 0 aliphatic rings. The lowest BCUT2D eigenvalue weighted by Gasteiger charge is -2.06. The maximum absolute atomic E-state index is 12.2. The van der Waals surface area contributed by atoms with Gasteiger partial charge in [0.1, 0.15) is 12.4 Å². The van der Waals surface area contributed by atoms with Crippen LogP contribution in [0.4, 0.5) is 13.2 Å². The third-order valence-electron chi connectivity index (χ3n) is 2.54. The van der Waals surface area contributed by atoms with E-state index in [1.165, 1.54) is 0 Å². The fourth-order valence-electron chi connectivity index (χ4n) is 1.47. The molecule has 0 unspecified atom stereocenters. The number of alkyl halides is 3. The maximum atomic E-state index is 12.2. The van der Waals surface area contributed by atoms with Gasteiger partial charge in [0.05, 0.1) is 6.54 Å². The minimum Gasteiger partial charge on any atom is -0.492 e. The summed E-state index contributed by atoms with van der Waals surface area (Å²) in [6.07, 6.45) is -4.78. The summed E-state index contributed by atoms with van der Waals surface area (Å²) in [7, 11) is 0. The molecule has 0 aliphatic heterocycles. The molecule has 1 heterocycles. The average molecular weight is 315 g/mol. The van der Waals surface area contributed by atoms with Gasteiger partial charge in [-0.2, -0.15) is 13.2 Å². The lowest BCUT2D eigenvalue weighted by atomic mass is 10.2. The highest BCUT2D eigenvalue weighted by Gasteiger charge is 2.38. The molecule has 1 aromatic heterocycles. The lowest BCUT2D eigenvalue weighted by Crippen LogP contribution is -2.28. The summed E-state index contributed by atoms with van der Waals surface area (Å²) in [5, 5.41) is 8.12. The van der Waals surface area contributed by atoms with Gasteiger partial charge in [-0.1, -0.05) is 17.7 Å². The van der Waals surface area contributed by atoms with Crippen molar-refractivity contribution in [3.63, 3.8) is 0 Å². The zero-order chi connectivity index (χ0) is 16.2. The summed E-state index contributed by atoms with van der Waals surface area (Å²) in [5.74, 6) is -2.58. The van der Waals surface area contributed by atoms with Crippen molar-refractivity contribution in [2.45, 2.75) is 13.1 Å². The Labute approximate surface area is 123 Å². The Morgan fingerprint density at radius 1 is 1.27 bits per heavy atom. The Balaban J connectivity index is 1.78. The summed E-state index contributed by atoms with van der Waals surface area (Å²) in [6, 6.07) is 7.27. The second kappa shape index (κ2) is 6.46. The van der Waals surface area contributed by atoms with Crippen molar-refractivity contribution in [2.75, 3.05) is 13.2 Å². The monoisotopic (exact) mass is 315 g/mol. The molecule has 0 saturated carbocycles. The fraction of sp³-hybridized carbons (Fsp3) is 0.308. The molecule has 2 aromatic rings. The van der Waals surface area contributed by atoms with Crippen LogP contribution in [0.25, 0.3) is 0 Å². The van der Waals surface area contributed by atoms with Gasteiger partial charge in [-0.25, -0.2) is 0 Å². The normalized spacial score (nSPS) is 11.3. The predicted molar refractivity (Wildman–Crippen MR) is 68.3 cm³/mol. The predicted octanol–water partition coefficient (Wildman–Crippen LogP) is 2.21. The first kappa shape index (κ1) is 15.8. The van der Waals surface area contributed by atoms with E-state index in [-0.39, 0.29) is 13.2 Å². The summed E-state index contributed by atoms with van der Waals surface area (Å²) in [5.41, 5.74) is 1.08. The number of hydrogen-bond acceptors (Lipinski definition) is 5. The van der Waals surface area contributed by atoms with Gasteiger partial charge in [-0.3, -0.25) is 4.79 Å². The molecule has 1 amide bonds. The molecule has 0 fully saturated rings. The molecule has 22 heavy (non-hydrogen) atoms. The molecule has 1 N–H and O–H groups in total. The number of benzene rings is 1. The van der Waals surface area contributed by atoms with Crippen LogP contribution in [0.3, 0.4) is 0 Å². The summed E-state index contributed by atoms with van der Waals surface area (Å²) in [4.78, 5) is 11.5. The zero-order valence-electron chi connectivity index (χ0n) is 11.5. The molecule has 0 radical (unpaired) electrons. The standard InChI is InChI=1S/C13H12F3N3O3/c1-8-2-4-9(5-3-8)21-7-6-17-10(20)11-18-19-12(22-11)13(14,15)16/h2-5H,6-7H2,1H3,(H,17,20). The quantitative estimate of drug-likeness (QED) is 0.856. The average Bonchev–Trinajstić information content (AvgIpc) is 2.95. The van der Waals surface area contributed by atoms with E-state index < -0.39 is 23.9 Å². The molecule has 0 atom stereocenters. The number of halogens is 3. The summed E-state index contributed by atoms with van der Waals surface area (Å²) < 4.78 is 46.3. The second-order valence-corrected chi connectivity index (χ2v) is 4.33. The van der Waals surface area contributed by atoms with Crippen LogP contribution in [-0.2, 0) is 6.18 Å².